The van der Waals surface area contributed by atoms with Crippen molar-refractivity contribution in [2.24, 2.45) is 0 Å². The van der Waals surface area contributed by atoms with E-state index in [1.165, 1.54) is 12.1 Å². The standard InChI is InChI=1S/C18H11ClN2O5/c19-9-5-7-10(8-6-9)21-16(23)13(15(22)20-18(21)25)14-11-3-1-2-4-12(11)17(24)26-14/h1-8,14,23H,(H,20,22,25)/t14-/m1/s1. The molecule has 1 aliphatic heterocycles. The highest BCUT2D eigenvalue weighted by Crippen LogP contribution is 2.37. The number of nitrogens with zero attached hydrogens (tertiary/aromatic N) is 1. The molecule has 0 saturated carbocycles. The summed E-state index contributed by atoms with van der Waals surface area (Å²) < 4.78 is 6.19. The van der Waals surface area contributed by atoms with Crippen molar-refractivity contribution in [2.75, 3.05) is 0 Å². The summed E-state index contributed by atoms with van der Waals surface area (Å²) in [7, 11) is 0. The van der Waals surface area contributed by atoms with Gasteiger partial charge in [0, 0.05) is 10.6 Å². The van der Waals surface area contributed by atoms with E-state index in [0.717, 1.165) is 4.57 Å². The average molecular weight is 371 g/mol. The van der Waals surface area contributed by atoms with Crippen LogP contribution < -0.4 is 11.2 Å². The highest BCUT2D eigenvalue weighted by atomic mass is 35.5. The van der Waals surface area contributed by atoms with Crippen molar-refractivity contribution in [1.29, 1.82) is 0 Å². The van der Waals surface area contributed by atoms with Crippen molar-refractivity contribution >= 4 is 17.6 Å². The second-order valence-corrected chi connectivity index (χ2v) is 6.12. The molecule has 1 atom stereocenters. The first-order valence-electron chi connectivity index (χ1n) is 7.61. The molecule has 2 heterocycles. The number of aromatic hydroxyl groups is 1. The van der Waals surface area contributed by atoms with Crippen LogP contribution in [0.3, 0.4) is 0 Å². The lowest BCUT2D eigenvalue weighted by atomic mass is 10.0. The van der Waals surface area contributed by atoms with Crippen molar-refractivity contribution in [3.8, 4) is 11.6 Å². The van der Waals surface area contributed by atoms with E-state index < -0.39 is 29.2 Å². The van der Waals surface area contributed by atoms with E-state index in [4.69, 9.17) is 16.3 Å². The Labute approximate surface area is 151 Å². The van der Waals surface area contributed by atoms with Gasteiger partial charge >= 0.3 is 11.7 Å². The van der Waals surface area contributed by atoms with E-state index in [2.05, 4.69) is 4.98 Å². The molecule has 8 heteroatoms. The summed E-state index contributed by atoms with van der Waals surface area (Å²) in [5, 5.41) is 11.1. The summed E-state index contributed by atoms with van der Waals surface area (Å²) in [4.78, 5) is 38.8. The number of benzene rings is 2. The Bertz CT molecular complexity index is 1150. The van der Waals surface area contributed by atoms with Gasteiger partial charge in [0.25, 0.3) is 5.56 Å². The number of cyclic esters (lactones) is 1. The maximum atomic E-state index is 12.4. The lowest BCUT2D eigenvalue weighted by molar-refractivity contribution is 0.0449. The van der Waals surface area contributed by atoms with Crippen molar-refractivity contribution in [2.45, 2.75) is 6.10 Å². The molecule has 0 fully saturated rings. The first-order chi connectivity index (χ1) is 12.5. The normalized spacial score (nSPS) is 15.6. The molecule has 26 heavy (non-hydrogen) atoms. The fourth-order valence-corrected chi connectivity index (χ4v) is 3.09. The number of hydrogen-bond donors (Lipinski definition) is 2. The molecule has 4 rings (SSSR count). The Kier molecular flexibility index (Phi) is 3.66. The smallest absolute Gasteiger partial charge is 0.339 e. The van der Waals surface area contributed by atoms with Gasteiger partial charge in [-0.25, -0.2) is 14.2 Å². The number of ether oxygens (including phenoxy) is 1. The number of aromatic amines is 1. The lowest BCUT2D eigenvalue weighted by Crippen LogP contribution is -2.32. The van der Waals surface area contributed by atoms with Gasteiger partial charge in [-0.05, 0) is 30.3 Å². The maximum absolute atomic E-state index is 12.4. The van der Waals surface area contributed by atoms with Crippen molar-refractivity contribution in [1.82, 2.24) is 9.55 Å². The SMILES string of the molecule is O=C1O[C@@H](c2c(O)n(-c3ccc(Cl)cc3)c(=O)[nH]c2=O)c2ccccc21. The minimum Gasteiger partial charge on any atom is -0.494 e. The zero-order valence-electron chi connectivity index (χ0n) is 13.1. The Morgan fingerprint density at radius 1 is 1.04 bits per heavy atom. The molecule has 7 nitrogen and oxygen atoms in total. The highest BCUT2D eigenvalue weighted by molar-refractivity contribution is 6.30. The third kappa shape index (κ3) is 2.41. The Balaban J connectivity index is 1.96. The number of carbonyl (C=O) groups is 1. The minimum atomic E-state index is -1.11. The van der Waals surface area contributed by atoms with Crippen molar-refractivity contribution < 1.29 is 14.6 Å². The molecule has 0 saturated heterocycles. The molecule has 2 aromatic carbocycles. The number of aromatic nitrogens is 2. The van der Waals surface area contributed by atoms with Crippen molar-refractivity contribution in [3.63, 3.8) is 0 Å². The number of fused-ring (bicyclic) bond motifs is 1. The van der Waals surface area contributed by atoms with E-state index in [1.807, 2.05) is 0 Å². The lowest BCUT2D eigenvalue weighted by Gasteiger charge is -2.15. The third-order valence-corrected chi connectivity index (χ3v) is 4.41. The van der Waals surface area contributed by atoms with Gasteiger partial charge in [0.1, 0.15) is 5.56 Å². The summed E-state index contributed by atoms with van der Waals surface area (Å²) in [6.07, 6.45) is -1.11. The molecule has 0 unspecified atom stereocenters. The second kappa shape index (κ2) is 5.89. The summed E-state index contributed by atoms with van der Waals surface area (Å²) in [5.74, 6) is -1.20. The summed E-state index contributed by atoms with van der Waals surface area (Å²) >= 11 is 5.85. The summed E-state index contributed by atoms with van der Waals surface area (Å²) in [5.41, 5.74) is -0.826. The van der Waals surface area contributed by atoms with Crippen LogP contribution in [0, 0.1) is 0 Å². The van der Waals surface area contributed by atoms with Gasteiger partial charge in [-0.2, -0.15) is 0 Å². The van der Waals surface area contributed by atoms with Crippen molar-refractivity contribution in [3.05, 3.63) is 91.1 Å². The van der Waals surface area contributed by atoms with Crippen LogP contribution >= 0.6 is 11.6 Å². The molecular formula is C18H11ClN2O5. The van der Waals surface area contributed by atoms with Crippen LogP contribution in [0.15, 0.2) is 58.1 Å². The highest BCUT2D eigenvalue weighted by Gasteiger charge is 2.36. The number of carbonyl (C=O) groups excluding carboxylic acids is 1. The van der Waals surface area contributed by atoms with E-state index in [0.29, 0.717) is 21.8 Å². The van der Waals surface area contributed by atoms with Gasteiger partial charge in [-0.1, -0.05) is 29.8 Å². The second-order valence-electron chi connectivity index (χ2n) is 5.68. The molecule has 0 amide bonds. The summed E-state index contributed by atoms with van der Waals surface area (Å²) in [6, 6.07) is 12.7. The zero-order valence-corrected chi connectivity index (χ0v) is 13.9. The molecule has 2 N–H and O–H groups in total. The molecule has 0 aliphatic carbocycles. The van der Waals surface area contributed by atoms with Gasteiger partial charge in [0.05, 0.1) is 11.3 Å². The van der Waals surface area contributed by atoms with Gasteiger partial charge in [-0.15, -0.1) is 0 Å². The zero-order chi connectivity index (χ0) is 18.4. The molecule has 0 spiro atoms. The Hall–Kier alpha value is -3.32. The predicted molar refractivity (Wildman–Crippen MR) is 93.0 cm³/mol. The largest absolute Gasteiger partial charge is 0.494 e. The average Bonchev–Trinajstić information content (AvgIpc) is 2.93. The van der Waals surface area contributed by atoms with Crippen LogP contribution in [-0.4, -0.2) is 20.6 Å². The van der Waals surface area contributed by atoms with Crippen LogP contribution in [-0.2, 0) is 4.74 Å². The number of rotatable bonds is 2. The minimum absolute atomic E-state index is 0.224. The number of esters is 1. The third-order valence-electron chi connectivity index (χ3n) is 4.16. The Morgan fingerprint density at radius 3 is 2.46 bits per heavy atom. The monoisotopic (exact) mass is 370 g/mol. The number of nitrogens with one attached hydrogen (secondary N) is 1. The molecule has 3 aromatic rings. The summed E-state index contributed by atoms with van der Waals surface area (Å²) in [6.45, 7) is 0. The van der Waals surface area contributed by atoms with Gasteiger partial charge in [-0.3, -0.25) is 9.78 Å². The van der Waals surface area contributed by atoms with Crippen LogP contribution in [0.5, 0.6) is 5.88 Å². The molecule has 130 valence electrons. The number of halogens is 1. The maximum Gasteiger partial charge on any atom is 0.339 e. The van der Waals surface area contributed by atoms with E-state index in [-0.39, 0.29) is 5.56 Å². The van der Waals surface area contributed by atoms with Crippen LogP contribution in [0.25, 0.3) is 5.69 Å². The Morgan fingerprint density at radius 2 is 1.73 bits per heavy atom. The van der Waals surface area contributed by atoms with Gasteiger partial charge in [0.2, 0.25) is 5.88 Å². The van der Waals surface area contributed by atoms with Gasteiger partial charge in [0.15, 0.2) is 6.10 Å². The van der Waals surface area contributed by atoms with Crippen LogP contribution in [0.1, 0.15) is 27.6 Å². The molecule has 0 bridgehead atoms. The first-order valence-corrected chi connectivity index (χ1v) is 7.99. The van der Waals surface area contributed by atoms with E-state index in [9.17, 15) is 19.5 Å². The number of H-pyrrole nitrogens is 1. The molecule has 1 aliphatic rings. The number of hydrogen-bond acceptors (Lipinski definition) is 5. The molecular weight excluding hydrogens is 360 g/mol. The fourth-order valence-electron chi connectivity index (χ4n) is 2.96. The van der Waals surface area contributed by atoms with Gasteiger partial charge < -0.3 is 9.84 Å². The quantitative estimate of drug-likeness (QED) is 0.673. The topological polar surface area (TPSA) is 101 Å². The van der Waals surface area contributed by atoms with E-state index >= 15 is 0 Å². The molecule has 0 radical (unpaired) electrons. The van der Waals surface area contributed by atoms with E-state index in [1.54, 1.807) is 36.4 Å². The first kappa shape index (κ1) is 16.2. The predicted octanol–water partition coefficient (Wildman–Crippen LogP) is 2.14. The van der Waals surface area contributed by atoms with Crippen LogP contribution in [0.4, 0.5) is 0 Å². The van der Waals surface area contributed by atoms with Crippen LogP contribution in [0.2, 0.25) is 5.02 Å². The fraction of sp³-hybridized carbons (Fsp3) is 0.0556. The molecule has 1 aromatic heterocycles.